The number of rotatable bonds is 7. The van der Waals surface area contributed by atoms with Gasteiger partial charge in [-0.15, -0.1) is 0 Å². The summed E-state index contributed by atoms with van der Waals surface area (Å²) >= 11 is 6.56. The van der Waals surface area contributed by atoms with Crippen LogP contribution in [0.15, 0.2) is 48.5 Å². The molecule has 8 heteroatoms. The lowest BCUT2D eigenvalue weighted by Gasteiger charge is -2.40. The quantitative estimate of drug-likeness (QED) is 0.532. The lowest BCUT2D eigenvalue weighted by Crippen LogP contribution is -2.48. The van der Waals surface area contributed by atoms with Crippen LogP contribution in [-0.2, 0) is 11.4 Å². The zero-order chi connectivity index (χ0) is 24.1. The maximum atomic E-state index is 13.7. The number of hydrogen-bond donors (Lipinski definition) is 3. The van der Waals surface area contributed by atoms with Crippen LogP contribution in [0.2, 0.25) is 5.02 Å². The van der Waals surface area contributed by atoms with E-state index >= 15 is 0 Å². The minimum absolute atomic E-state index is 0.187. The molecule has 2 aromatic rings. The minimum atomic E-state index is -1.16. The SMILES string of the molecule is O=C(O)N[C@H]1CCN(C(=O)C(c2ccc(OCc3ccccc3)c(Cl)c2)C2(O)CCCCC2)C1. The van der Waals surface area contributed by atoms with Gasteiger partial charge < -0.3 is 25.2 Å². The van der Waals surface area contributed by atoms with Gasteiger partial charge >= 0.3 is 6.09 Å². The number of amides is 2. The van der Waals surface area contributed by atoms with E-state index in [2.05, 4.69) is 5.32 Å². The van der Waals surface area contributed by atoms with Crippen molar-refractivity contribution in [3.05, 3.63) is 64.7 Å². The highest BCUT2D eigenvalue weighted by atomic mass is 35.5. The van der Waals surface area contributed by atoms with E-state index in [9.17, 15) is 14.7 Å². The smallest absolute Gasteiger partial charge is 0.404 e. The van der Waals surface area contributed by atoms with Crippen LogP contribution in [0, 0.1) is 0 Å². The van der Waals surface area contributed by atoms with Crippen LogP contribution in [0.5, 0.6) is 5.75 Å². The second-order valence-electron chi connectivity index (χ2n) is 9.28. The third-order valence-corrected chi connectivity index (χ3v) is 7.15. The van der Waals surface area contributed by atoms with Gasteiger partial charge in [0.05, 0.1) is 22.6 Å². The Kier molecular flexibility index (Phi) is 7.63. The van der Waals surface area contributed by atoms with Crippen LogP contribution < -0.4 is 10.1 Å². The summed E-state index contributed by atoms with van der Waals surface area (Å²) < 4.78 is 5.89. The van der Waals surface area contributed by atoms with Crippen LogP contribution in [0.3, 0.4) is 0 Å². The number of carbonyl (C=O) groups is 2. The molecule has 7 nitrogen and oxygen atoms in total. The molecule has 0 aromatic heterocycles. The average molecular weight is 487 g/mol. The molecule has 1 aliphatic heterocycles. The number of benzene rings is 2. The molecular weight excluding hydrogens is 456 g/mol. The van der Waals surface area contributed by atoms with Gasteiger partial charge in [0.2, 0.25) is 5.91 Å². The monoisotopic (exact) mass is 486 g/mol. The number of aliphatic hydroxyl groups is 1. The fourth-order valence-electron chi connectivity index (χ4n) is 5.12. The molecule has 1 aliphatic carbocycles. The van der Waals surface area contributed by atoms with Gasteiger partial charge in [0.15, 0.2) is 0 Å². The summed E-state index contributed by atoms with van der Waals surface area (Å²) in [7, 11) is 0. The Hall–Kier alpha value is -2.77. The molecule has 182 valence electrons. The van der Waals surface area contributed by atoms with Crippen LogP contribution in [0.25, 0.3) is 0 Å². The maximum Gasteiger partial charge on any atom is 0.404 e. The number of hydrogen-bond acceptors (Lipinski definition) is 4. The first-order valence-electron chi connectivity index (χ1n) is 11.8. The van der Waals surface area contributed by atoms with Crippen molar-refractivity contribution >= 4 is 23.6 Å². The predicted molar refractivity (Wildman–Crippen MR) is 129 cm³/mol. The largest absolute Gasteiger partial charge is 0.487 e. The number of nitrogens with zero attached hydrogens (tertiary/aromatic N) is 1. The first-order valence-corrected chi connectivity index (χ1v) is 12.2. The summed E-state index contributed by atoms with van der Waals surface area (Å²) in [4.78, 5) is 26.4. The van der Waals surface area contributed by atoms with Crippen LogP contribution >= 0.6 is 11.6 Å². The molecule has 2 aliphatic rings. The maximum absolute atomic E-state index is 13.7. The van der Waals surface area contributed by atoms with E-state index in [1.165, 1.54) is 0 Å². The van der Waals surface area contributed by atoms with Crippen molar-refractivity contribution in [1.82, 2.24) is 10.2 Å². The average Bonchev–Trinajstić information content (AvgIpc) is 3.27. The Morgan fingerprint density at radius 1 is 1.15 bits per heavy atom. The summed E-state index contributed by atoms with van der Waals surface area (Å²) in [6.07, 6.45) is 3.28. The van der Waals surface area contributed by atoms with Gasteiger partial charge in [0, 0.05) is 13.1 Å². The lowest BCUT2D eigenvalue weighted by atomic mass is 9.72. The third kappa shape index (κ3) is 5.65. The Morgan fingerprint density at radius 3 is 2.56 bits per heavy atom. The molecule has 0 spiro atoms. The molecule has 1 saturated heterocycles. The molecule has 2 aromatic carbocycles. The molecule has 3 N–H and O–H groups in total. The lowest BCUT2D eigenvalue weighted by molar-refractivity contribution is -0.140. The second-order valence-corrected chi connectivity index (χ2v) is 9.69. The topological polar surface area (TPSA) is 99.1 Å². The number of halogens is 1. The minimum Gasteiger partial charge on any atom is -0.487 e. The van der Waals surface area contributed by atoms with E-state index in [1.807, 2.05) is 36.4 Å². The first kappa shape index (κ1) is 24.4. The van der Waals surface area contributed by atoms with Crippen molar-refractivity contribution in [3.8, 4) is 5.75 Å². The molecular formula is C26H31ClN2O5. The molecule has 2 amide bonds. The highest BCUT2D eigenvalue weighted by molar-refractivity contribution is 6.32. The molecule has 0 bridgehead atoms. The van der Waals surface area contributed by atoms with Crippen LogP contribution in [0.4, 0.5) is 4.79 Å². The van der Waals surface area contributed by atoms with Gasteiger partial charge in [-0.05, 0) is 42.5 Å². The van der Waals surface area contributed by atoms with E-state index in [0.29, 0.717) is 55.3 Å². The van der Waals surface area contributed by atoms with Crippen molar-refractivity contribution in [3.63, 3.8) is 0 Å². The Morgan fingerprint density at radius 2 is 1.88 bits per heavy atom. The molecule has 4 rings (SSSR count). The van der Waals surface area contributed by atoms with Gasteiger partial charge in [-0.3, -0.25) is 4.79 Å². The fraction of sp³-hybridized carbons (Fsp3) is 0.462. The highest BCUT2D eigenvalue weighted by Gasteiger charge is 2.46. The van der Waals surface area contributed by atoms with Gasteiger partial charge in [-0.1, -0.05) is 67.3 Å². The van der Waals surface area contributed by atoms with Gasteiger partial charge in [0.25, 0.3) is 0 Å². The molecule has 2 atom stereocenters. The normalized spacial score (nSPS) is 20.5. The van der Waals surface area contributed by atoms with Crippen LogP contribution in [-0.4, -0.2) is 51.8 Å². The third-order valence-electron chi connectivity index (χ3n) is 6.86. The van der Waals surface area contributed by atoms with Crippen molar-refractivity contribution in [2.24, 2.45) is 0 Å². The highest BCUT2D eigenvalue weighted by Crippen LogP contribution is 2.43. The van der Waals surface area contributed by atoms with E-state index in [4.69, 9.17) is 21.4 Å². The zero-order valence-corrected chi connectivity index (χ0v) is 19.8. The molecule has 1 saturated carbocycles. The first-order chi connectivity index (χ1) is 16.4. The van der Waals surface area contributed by atoms with Crippen molar-refractivity contribution in [2.45, 2.75) is 62.7 Å². The number of nitrogens with one attached hydrogen (secondary N) is 1. The number of carbonyl (C=O) groups excluding carboxylic acids is 1. The van der Waals surface area contributed by atoms with Gasteiger partial charge in [-0.25, -0.2) is 4.79 Å². The van der Waals surface area contributed by atoms with Gasteiger partial charge in [-0.2, -0.15) is 0 Å². The Bertz CT molecular complexity index is 1010. The van der Waals surface area contributed by atoms with Gasteiger partial charge in [0.1, 0.15) is 12.4 Å². The van der Waals surface area contributed by atoms with E-state index in [1.54, 1.807) is 17.0 Å². The van der Waals surface area contributed by atoms with Crippen LogP contribution in [0.1, 0.15) is 55.6 Å². The van der Waals surface area contributed by atoms with Crippen molar-refractivity contribution in [2.75, 3.05) is 13.1 Å². The summed E-state index contributed by atoms with van der Waals surface area (Å²) in [6, 6.07) is 14.8. The predicted octanol–water partition coefficient (Wildman–Crippen LogP) is 4.57. The second kappa shape index (κ2) is 10.7. The Balaban J connectivity index is 1.56. The van der Waals surface area contributed by atoms with Crippen molar-refractivity contribution in [1.29, 1.82) is 0 Å². The summed E-state index contributed by atoms with van der Waals surface area (Å²) in [5, 5.41) is 23.5. The molecule has 34 heavy (non-hydrogen) atoms. The summed E-state index contributed by atoms with van der Waals surface area (Å²) in [5.74, 6) is -0.437. The standard InChI is InChI=1S/C26H31ClN2O5/c27-21-15-19(9-10-22(21)34-17-18-7-3-1-4-8-18)23(26(33)12-5-2-6-13-26)24(30)29-14-11-20(16-29)28-25(31)32/h1,3-4,7-10,15,20,23,28,33H,2,5-6,11-14,16-17H2,(H,31,32)/t20-,23?/m0/s1. The molecule has 2 fully saturated rings. The van der Waals surface area contributed by atoms with Crippen molar-refractivity contribution < 1.29 is 24.5 Å². The van der Waals surface area contributed by atoms with E-state index < -0.39 is 17.6 Å². The molecule has 1 unspecified atom stereocenters. The summed E-state index contributed by atoms with van der Waals surface area (Å²) in [6.45, 7) is 1.12. The fourth-order valence-corrected chi connectivity index (χ4v) is 5.36. The van der Waals surface area contributed by atoms with E-state index in [-0.39, 0.29) is 11.9 Å². The Labute approximate surface area is 204 Å². The molecule has 0 radical (unpaired) electrons. The number of likely N-dealkylation sites (tertiary alicyclic amines) is 1. The van der Waals surface area contributed by atoms with E-state index in [0.717, 1.165) is 24.8 Å². The summed E-state index contributed by atoms with van der Waals surface area (Å²) in [5.41, 5.74) is 0.510. The number of ether oxygens (including phenoxy) is 1. The number of carboxylic acid groups (broad SMARTS) is 1. The zero-order valence-electron chi connectivity index (χ0n) is 19.1. The molecule has 1 heterocycles.